The van der Waals surface area contributed by atoms with Crippen molar-refractivity contribution in [1.82, 2.24) is 24.9 Å². The Morgan fingerprint density at radius 3 is 2.79 bits per heavy atom. The zero-order chi connectivity index (χ0) is 20.2. The number of fused-ring (bicyclic) bond motifs is 1. The second-order valence-electron chi connectivity index (χ2n) is 6.15. The first-order valence-electron chi connectivity index (χ1n) is 9.03. The molecule has 4 rings (SSSR count). The lowest BCUT2D eigenvalue weighted by Gasteiger charge is -2.10. The minimum absolute atomic E-state index is 0.184. The molecule has 10 heteroatoms. The van der Waals surface area contributed by atoms with Gasteiger partial charge in [0, 0.05) is 5.69 Å². The summed E-state index contributed by atoms with van der Waals surface area (Å²) in [6.07, 6.45) is 1.37. The molecule has 0 bridgehead atoms. The lowest BCUT2D eigenvalue weighted by atomic mass is 10.2. The van der Waals surface area contributed by atoms with Crippen LogP contribution in [0.25, 0.3) is 10.9 Å². The molecule has 0 fully saturated rings. The average Bonchev–Trinajstić information content (AvgIpc) is 3.12. The van der Waals surface area contributed by atoms with Crippen LogP contribution in [0.2, 0.25) is 0 Å². The molecule has 148 valence electrons. The van der Waals surface area contributed by atoms with Crippen LogP contribution in [0.15, 0.2) is 45.9 Å². The zero-order valence-corrected chi connectivity index (χ0v) is 15.9. The van der Waals surface area contributed by atoms with Gasteiger partial charge in [-0.3, -0.25) is 4.79 Å². The number of ether oxygens (including phenoxy) is 1. The van der Waals surface area contributed by atoms with Crippen molar-refractivity contribution in [3.63, 3.8) is 0 Å². The van der Waals surface area contributed by atoms with Gasteiger partial charge in [0.2, 0.25) is 11.9 Å². The van der Waals surface area contributed by atoms with Gasteiger partial charge in [-0.15, -0.1) is 0 Å². The molecule has 10 nitrogen and oxygen atoms in total. The summed E-state index contributed by atoms with van der Waals surface area (Å²) in [4.78, 5) is 31.6. The van der Waals surface area contributed by atoms with Crippen molar-refractivity contribution < 1.29 is 9.15 Å². The van der Waals surface area contributed by atoms with E-state index in [1.54, 1.807) is 18.2 Å². The van der Waals surface area contributed by atoms with Crippen LogP contribution >= 0.6 is 0 Å². The molecule has 0 spiro atoms. The number of H-pyrrole nitrogens is 1. The molecule has 1 aromatic carbocycles. The summed E-state index contributed by atoms with van der Waals surface area (Å²) in [5.74, 6) is 2.20. The highest BCUT2D eigenvalue weighted by Gasteiger charge is 2.10. The number of rotatable bonds is 7. The predicted molar refractivity (Wildman–Crippen MR) is 107 cm³/mol. The highest BCUT2D eigenvalue weighted by atomic mass is 16.5. The summed E-state index contributed by atoms with van der Waals surface area (Å²) in [6, 6.07) is 9.17. The molecule has 0 saturated carbocycles. The minimum atomic E-state index is -0.222. The summed E-state index contributed by atoms with van der Waals surface area (Å²) < 4.78 is 11.0. The molecule has 0 radical (unpaired) electrons. The van der Waals surface area contributed by atoms with Crippen LogP contribution in [-0.4, -0.2) is 31.5 Å². The molecular weight excluding hydrogens is 374 g/mol. The molecule has 0 atom stereocenters. The highest BCUT2D eigenvalue weighted by Crippen LogP contribution is 2.20. The van der Waals surface area contributed by atoms with Crippen molar-refractivity contribution in [3.05, 3.63) is 58.5 Å². The van der Waals surface area contributed by atoms with Gasteiger partial charge in [0.1, 0.15) is 11.5 Å². The van der Waals surface area contributed by atoms with Gasteiger partial charge in [-0.1, -0.05) is 0 Å². The van der Waals surface area contributed by atoms with Gasteiger partial charge in [-0.05, 0) is 44.2 Å². The summed E-state index contributed by atoms with van der Waals surface area (Å²) in [5, 5.41) is 6.64. The smallest absolute Gasteiger partial charge is 0.323 e. The van der Waals surface area contributed by atoms with Crippen LogP contribution in [0.4, 0.5) is 17.6 Å². The Bertz CT molecular complexity index is 1200. The lowest BCUT2D eigenvalue weighted by Crippen LogP contribution is -2.10. The van der Waals surface area contributed by atoms with Crippen LogP contribution in [0.3, 0.4) is 0 Å². The molecule has 4 aromatic rings. The summed E-state index contributed by atoms with van der Waals surface area (Å²) in [5.41, 5.74) is 1.01. The van der Waals surface area contributed by atoms with Crippen molar-refractivity contribution in [2.24, 2.45) is 0 Å². The third-order valence-corrected chi connectivity index (χ3v) is 4.00. The molecule has 0 aliphatic rings. The Morgan fingerprint density at radius 2 is 2.00 bits per heavy atom. The van der Waals surface area contributed by atoms with Crippen molar-refractivity contribution in [1.29, 1.82) is 0 Å². The van der Waals surface area contributed by atoms with Gasteiger partial charge in [-0.2, -0.15) is 15.0 Å². The molecule has 3 N–H and O–H groups in total. The van der Waals surface area contributed by atoms with E-state index >= 15 is 0 Å². The van der Waals surface area contributed by atoms with Gasteiger partial charge in [0.15, 0.2) is 0 Å². The molecule has 0 saturated heterocycles. The largest absolute Gasteiger partial charge is 0.465 e. The molecule has 3 heterocycles. The first kappa shape index (κ1) is 18.4. The van der Waals surface area contributed by atoms with E-state index < -0.39 is 0 Å². The van der Waals surface area contributed by atoms with Crippen LogP contribution in [0, 0.1) is 6.92 Å². The molecule has 3 aromatic heterocycles. The van der Waals surface area contributed by atoms with Crippen LogP contribution < -0.4 is 20.9 Å². The van der Waals surface area contributed by atoms with Crippen LogP contribution in [0.1, 0.15) is 18.4 Å². The number of nitrogens with zero attached hydrogens (tertiary/aromatic N) is 4. The number of hydrogen-bond acceptors (Lipinski definition) is 9. The monoisotopic (exact) mass is 393 g/mol. The number of aromatic amines is 1. The number of nitrogens with one attached hydrogen (secondary N) is 3. The van der Waals surface area contributed by atoms with Gasteiger partial charge in [-0.25, -0.2) is 4.98 Å². The average molecular weight is 393 g/mol. The van der Waals surface area contributed by atoms with Crippen molar-refractivity contribution in [3.8, 4) is 6.01 Å². The third-order valence-electron chi connectivity index (χ3n) is 4.00. The van der Waals surface area contributed by atoms with E-state index in [1.807, 2.05) is 26.0 Å². The molecule has 0 amide bonds. The van der Waals surface area contributed by atoms with E-state index in [4.69, 9.17) is 9.15 Å². The maximum atomic E-state index is 12.0. The summed E-state index contributed by atoms with van der Waals surface area (Å²) in [7, 11) is 0. The van der Waals surface area contributed by atoms with Crippen molar-refractivity contribution in [2.75, 3.05) is 17.2 Å². The molecule has 0 unspecified atom stereocenters. The van der Waals surface area contributed by atoms with E-state index in [0.29, 0.717) is 35.7 Å². The van der Waals surface area contributed by atoms with Crippen molar-refractivity contribution in [2.45, 2.75) is 20.4 Å². The fraction of sp³-hybridized carbons (Fsp3) is 0.211. The van der Waals surface area contributed by atoms with Crippen molar-refractivity contribution >= 4 is 28.5 Å². The second-order valence-corrected chi connectivity index (χ2v) is 6.15. The Hall–Kier alpha value is -3.95. The minimum Gasteiger partial charge on any atom is -0.465 e. The maximum absolute atomic E-state index is 12.0. The Morgan fingerprint density at radius 1 is 1.14 bits per heavy atom. The SMILES string of the molecule is CCOc1nc(NCc2ccc(C)o2)nc(Nc2ccc3nc[nH]c(=O)c3c2)n1. The lowest BCUT2D eigenvalue weighted by molar-refractivity contribution is 0.312. The number of aromatic nitrogens is 5. The number of aryl methyl sites for hydroxylation is 1. The fourth-order valence-corrected chi connectivity index (χ4v) is 2.71. The van der Waals surface area contributed by atoms with Crippen LogP contribution in [0.5, 0.6) is 6.01 Å². The first-order chi connectivity index (χ1) is 14.1. The van der Waals surface area contributed by atoms with Gasteiger partial charge < -0.3 is 24.8 Å². The van der Waals surface area contributed by atoms with Gasteiger partial charge in [0.25, 0.3) is 5.56 Å². The fourth-order valence-electron chi connectivity index (χ4n) is 2.71. The highest BCUT2D eigenvalue weighted by molar-refractivity contribution is 5.82. The van der Waals surface area contributed by atoms with E-state index in [9.17, 15) is 4.79 Å². The third kappa shape index (κ3) is 4.32. The van der Waals surface area contributed by atoms with E-state index in [0.717, 1.165) is 11.5 Å². The summed E-state index contributed by atoms with van der Waals surface area (Å²) in [6.45, 7) is 4.56. The zero-order valence-electron chi connectivity index (χ0n) is 15.9. The van der Waals surface area contributed by atoms with Gasteiger partial charge in [0.05, 0.1) is 30.4 Å². The number of furan rings is 1. The number of benzene rings is 1. The standard InChI is InChI=1S/C19H19N7O3/c1-3-28-19-25-17(20-9-13-6-4-11(2)29-13)24-18(26-19)23-12-5-7-15-14(8-12)16(27)22-10-21-15/h4-8,10H,3,9H2,1-2H3,(H,21,22,27)(H2,20,23,24,25,26). The number of hydrogen-bond donors (Lipinski definition) is 3. The topological polar surface area (TPSA) is 131 Å². The number of anilines is 3. The van der Waals surface area contributed by atoms with E-state index in [1.165, 1.54) is 6.33 Å². The molecule has 29 heavy (non-hydrogen) atoms. The predicted octanol–water partition coefficient (Wildman–Crippen LogP) is 2.76. The molecular formula is C19H19N7O3. The summed E-state index contributed by atoms with van der Waals surface area (Å²) >= 11 is 0. The Balaban J connectivity index is 1.59. The maximum Gasteiger partial charge on any atom is 0.323 e. The normalized spacial score (nSPS) is 10.8. The van der Waals surface area contributed by atoms with Crippen LogP contribution in [-0.2, 0) is 6.54 Å². The van der Waals surface area contributed by atoms with E-state index in [2.05, 4.69) is 35.6 Å². The van der Waals surface area contributed by atoms with Gasteiger partial charge >= 0.3 is 6.01 Å². The molecule has 0 aliphatic carbocycles. The van der Waals surface area contributed by atoms with E-state index in [-0.39, 0.29) is 17.5 Å². The quantitative estimate of drug-likeness (QED) is 0.434. The second kappa shape index (κ2) is 7.97. The Kier molecular flexibility index (Phi) is 5.06. The Labute approximate surface area is 165 Å². The molecule has 0 aliphatic heterocycles. The first-order valence-corrected chi connectivity index (χ1v) is 9.03.